The average Bonchev–Trinajstić information content (AvgIpc) is 2.75. The molecule has 1 N–H and O–H groups in total. The summed E-state index contributed by atoms with van der Waals surface area (Å²) < 4.78 is 0.429. The molecule has 1 aliphatic rings. The molecule has 0 bridgehead atoms. The Labute approximate surface area is 138 Å². The zero-order valence-corrected chi connectivity index (χ0v) is 13.0. The van der Waals surface area contributed by atoms with Crippen molar-refractivity contribution in [3.63, 3.8) is 0 Å². The number of ketones is 2. The Bertz CT molecular complexity index is 917. The molecule has 0 aromatic heterocycles. The number of phenols is 1. The average molecular weight is 374 g/mol. The molecule has 6 nitrogen and oxygen atoms in total. The van der Waals surface area contributed by atoms with Crippen molar-refractivity contribution in [2.45, 2.75) is 0 Å². The van der Waals surface area contributed by atoms with Gasteiger partial charge in [0, 0.05) is 23.3 Å². The lowest BCUT2D eigenvalue weighted by Gasteiger charge is -1.99. The molecule has 0 spiro atoms. The first kappa shape index (κ1) is 15.1. The predicted molar refractivity (Wildman–Crippen MR) is 85.5 cm³/mol. The van der Waals surface area contributed by atoms with Gasteiger partial charge in [-0.05, 0) is 45.8 Å². The molecule has 0 atom stereocenters. The second kappa shape index (κ2) is 5.44. The van der Waals surface area contributed by atoms with Crippen LogP contribution in [0.5, 0.6) is 5.75 Å². The van der Waals surface area contributed by atoms with Crippen molar-refractivity contribution >= 4 is 39.3 Å². The molecule has 7 heteroatoms. The summed E-state index contributed by atoms with van der Waals surface area (Å²) in [7, 11) is 0. The summed E-state index contributed by atoms with van der Waals surface area (Å²) in [5.41, 5.74) is 0.447. The summed E-state index contributed by atoms with van der Waals surface area (Å²) in [6.07, 6.45) is 1.40. The van der Waals surface area contributed by atoms with Gasteiger partial charge < -0.3 is 5.11 Å². The van der Waals surface area contributed by atoms with Gasteiger partial charge in [0.05, 0.1) is 15.0 Å². The lowest BCUT2D eigenvalue weighted by molar-refractivity contribution is -0.384. The quantitative estimate of drug-likeness (QED) is 0.375. The number of nitro benzene ring substituents is 1. The third kappa shape index (κ3) is 2.55. The number of phenolic OH excluding ortho intramolecular Hbond substituents is 1. The smallest absolute Gasteiger partial charge is 0.270 e. The zero-order chi connectivity index (χ0) is 16.7. The molecule has 2 aromatic rings. The minimum Gasteiger partial charge on any atom is -0.507 e. The fourth-order valence-corrected chi connectivity index (χ4v) is 2.73. The van der Waals surface area contributed by atoms with Crippen molar-refractivity contribution < 1.29 is 19.6 Å². The highest BCUT2D eigenvalue weighted by atomic mass is 79.9. The van der Waals surface area contributed by atoms with Crippen LogP contribution in [0.15, 0.2) is 46.4 Å². The number of hydrogen-bond acceptors (Lipinski definition) is 5. The number of non-ortho nitro benzene ring substituents is 1. The maximum atomic E-state index is 12.4. The molecule has 0 radical (unpaired) electrons. The normalized spacial score (nSPS) is 15.1. The van der Waals surface area contributed by atoms with Crippen LogP contribution in [0, 0.1) is 10.1 Å². The van der Waals surface area contributed by atoms with Gasteiger partial charge in [-0.3, -0.25) is 19.7 Å². The molecule has 114 valence electrons. The predicted octanol–water partition coefficient (Wildman–Crippen LogP) is 3.53. The molecule has 0 saturated heterocycles. The van der Waals surface area contributed by atoms with Crippen molar-refractivity contribution in [3.05, 3.63) is 73.2 Å². The van der Waals surface area contributed by atoms with Crippen LogP contribution in [0.1, 0.15) is 26.3 Å². The Morgan fingerprint density at radius 1 is 1.04 bits per heavy atom. The molecular formula is C16H8BrNO5. The fraction of sp³-hybridized carbons (Fsp3) is 0. The molecule has 3 rings (SSSR count). The van der Waals surface area contributed by atoms with Crippen LogP contribution < -0.4 is 0 Å². The van der Waals surface area contributed by atoms with Gasteiger partial charge in [0.2, 0.25) is 0 Å². The minimum absolute atomic E-state index is 0.0355. The third-order valence-electron chi connectivity index (χ3n) is 3.48. The molecule has 1 aliphatic carbocycles. The number of hydrogen-bond donors (Lipinski definition) is 1. The highest BCUT2D eigenvalue weighted by molar-refractivity contribution is 9.10. The summed E-state index contributed by atoms with van der Waals surface area (Å²) in [4.78, 5) is 34.9. The van der Waals surface area contributed by atoms with E-state index in [1.165, 1.54) is 24.3 Å². The number of carbonyl (C=O) groups is 2. The van der Waals surface area contributed by atoms with Crippen LogP contribution in [0.25, 0.3) is 6.08 Å². The number of benzene rings is 2. The Hall–Kier alpha value is -2.80. The van der Waals surface area contributed by atoms with Crippen LogP contribution in [-0.4, -0.2) is 21.6 Å². The minimum atomic E-state index is -0.614. The molecular weight excluding hydrogens is 366 g/mol. The maximum Gasteiger partial charge on any atom is 0.270 e. The molecule has 0 aliphatic heterocycles. The second-order valence-corrected chi connectivity index (χ2v) is 5.77. The van der Waals surface area contributed by atoms with Gasteiger partial charge in [0.25, 0.3) is 5.69 Å². The SMILES string of the molecule is O=C1/C(=C/c2ccc(O)c(Br)c2)C(=O)c2cc([N+](=O)[O-])ccc21. The number of nitrogens with zero attached hydrogens (tertiary/aromatic N) is 1. The van der Waals surface area contributed by atoms with Gasteiger partial charge in [0.1, 0.15) is 5.75 Å². The molecule has 0 saturated carbocycles. The summed E-state index contributed by atoms with van der Waals surface area (Å²) in [5.74, 6) is -0.975. The van der Waals surface area contributed by atoms with E-state index >= 15 is 0 Å². The number of Topliss-reactive ketones (excluding diaryl/α,β-unsaturated/α-hetero) is 2. The van der Waals surface area contributed by atoms with Crippen LogP contribution in [0.2, 0.25) is 0 Å². The van der Waals surface area contributed by atoms with Crippen molar-refractivity contribution in [1.29, 1.82) is 0 Å². The number of aromatic hydroxyl groups is 1. The van der Waals surface area contributed by atoms with E-state index in [2.05, 4.69) is 15.9 Å². The van der Waals surface area contributed by atoms with Gasteiger partial charge >= 0.3 is 0 Å². The number of nitro groups is 1. The van der Waals surface area contributed by atoms with E-state index in [1.807, 2.05) is 0 Å². The van der Waals surface area contributed by atoms with Crippen molar-refractivity contribution in [1.82, 2.24) is 0 Å². The Morgan fingerprint density at radius 2 is 1.74 bits per heavy atom. The van der Waals surface area contributed by atoms with E-state index in [1.54, 1.807) is 12.1 Å². The van der Waals surface area contributed by atoms with E-state index in [9.17, 15) is 24.8 Å². The highest BCUT2D eigenvalue weighted by Crippen LogP contribution is 2.32. The lowest BCUT2D eigenvalue weighted by atomic mass is 10.1. The van der Waals surface area contributed by atoms with Gasteiger partial charge in [-0.15, -0.1) is 0 Å². The Morgan fingerprint density at radius 3 is 2.39 bits per heavy atom. The number of fused-ring (bicyclic) bond motifs is 1. The zero-order valence-electron chi connectivity index (χ0n) is 11.4. The summed E-state index contributed by atoms with van der Waals surface area (Å²) in [5, 5.41) is 20.3. The standard InChI is InChI=1S/C16H8BrNO5/c17-13-6-8(1-4-14(13)19)5-12-15(20)10-3-2-9(18(22)23)7-11(10)16(12)21/h1-7,19H/b12-5-. The second-order valence-electron chi connectivity index (χ2n) is 4.91. The lowest BCUT2D eigenvalue weighted by Crippen LogP contribution is -2.00. The third-order valence-corrected chi connectivity index (χ3v) is 4.11. The first-order valence-electron chi connectivity index (χ1n) is 6.46. The summed E-state index contributed by atoms with van der Waals surface area (Å²) in [6, 6.07) is 8.15. The molecule has 2 aromatic carbocycles. The number of halogens is 1. The highest BCUT2D eigenvalue weighted by Gasteiger charge is 2.34. The first-order valence-corrected chi connectivity index (χ1v) is 7.26. The van der Waals surface area contributed by atoms with Gasteiger partial charge in [-0.2, -0.15) is 0 Å². The van der Waals surface area contributed by atoms with E-state index < -0.39 is 16.5 Å². The molecule has 0 heterocycles. The van der Waals surface area contributed by atoms with E-state index in [0.717, 1.165) is 6.07 Å². The molecule has 0 amide bonds. The first-order chi connectivity index (χ1) is 10.9. The Balaban J connectivity index is 2.07. The van der Waals surface area contributed by atoms with E-state index in [4.69, 9.17) is 0 Å². The van der Waals surface area contributed by atoms with E-state index in [-0.39, 0.29) is 28.1 Å². The largest absolute Gasteiger partial charge is 0.507 e. The molecule has 0 unspecified atom stereocenters. The van der Waals surface area contributed by atoms with Gasteiger partial charge in [-0.1, -0.05) is 6.07 Å². The summed E-state index contributed by atoms with van der Waals surface area (Å²) >= 11 is 3.16. The molecule has 23 heavy (non-hydrogen) atoms. The van der Waals surface area contributed by atoms with Gasteiger partial charge in [0.15, 0.2) is 11.6 Å². The number of allylic oxidation sites excluding steroid dienone is 1. The number of carbonyl (C=O) groups excluding carboxylic acids is 2. The molecule has 0 fully saturated rings. The van der Waals surface area contributed by atoms with Crippen LogP contribution in [-0.2, 0) is 0 Å². The van der Waals surface area contributed by atoms with Crippen LogP contribution in [0.3, 0.4) is 0 Å². The van der Waals surface area contributed by atoms with Crippen LogP contribution >= 0.6 is 15.9 Å². The van der Waals surface area contributed by atoms with Crippen LogP contribution in [0.4, 0.5) is 5.69 Å². The Kier molecular flexibility index (Phi) is 3.57. The maximum absolute atomic E-state index is 12.4. The van der Waals surface area contributed by atoms with Gasteiger partial charge in [-0.25, -0.2) is 0 Å². The van der Waals surface area contributed by atoms with Crippen molar-refractivity contribution in [2.24, 2.45) is 0 Å². The summed E-state index contributed by atoms with van der Waals surface area (Å²) in [6.45, 7) is 0. The topological polar surface area (TPSA) is 97.5 Å². The monoisotopic (exact) mass is 373 g/mol. The number of rotatable bonds is 2. The van der Waals surface area contributed by atoms with Crippen molar-refractivity contribution in [3.8, 4) is 5.75 Å². The van der Waals surface area contributed by atoms with E-state index in [0.29, 0.717) is 10.0 Å². The van der Waals surface area contributed by atoms with Crippen molar-refractivity contribution in [2.75, 3.05) is 0 Å². The fourth-order valence-electron chi connectivity index (χ4n) is 2.34.